The molecular formula is C14H25N3O4. The number of piperidine rings is 1. The smallest absolute Gasteiger partial charge is 0.320 e. The number of aliphatic carboxylic acids is 1. The standard InChI is InChI=1S/C14H25N3O4/c1-14(21-2)4-3-5-17(11-14)13(20)16-8-6-15(7-9-16)10-12(18)19/h3-11H2,1-2H3,(H,18,19). The lowest BCUT2D eigenvalue weighted by Crippen LogP contribution is -2.57. The third kappa shape index (κ3) is 4.07. The van der Waals surface area contributed by atoms with Crippen LogP contribution in [0.15, 0.2) is 0 Å². The van der Waals surface area contributed by atoms with E-state index in [1.165, 1.54) is 0 Å². The van der Waals surface area contributed by atoms with Crippen LogP contribution in [0.2, 0.25) is 0 Å². The quantitative estimate of drug-likeness (QED) is 0.812. The molecule has 2 amide bonds. The van der Waals surface area contributed by atoms with Gasteiger partial charge in [0.1, 0.15) is 0 Å². The van der Waals surface area contributed by atoms with Gasteiger partial charge in [-0.05, 0) is 19.8 Å². The SMILES string of the molecule is COC1(C)CCCN(C(=O)N2CCN(CC(=O)O)CC2)C1. The lowest BCUT2D eigenvalue weighted by Gasteiger charge is -2.43. The minimum absolute atomic E-state index is 0.0490. The van der Waals surface area contributed by atoms with E-state index in [9.17, 15) is 9.59 Å². The Hall–Kier alpha value is -1.34. The number of nitrogens with zero attached hydrogens (tertiary/aromatic N) is 3. The molecule has 7 heteroatoms. The fourth-order valence-corrected chi connectivity index (χ4v) is 3.02. The summed E-state index contributed by atoms with van der Waals surface area (Å²) >= 11 is 0. The second-order valence-electron chi connectivity index (χ2n) is 6.12. The fraction of sp³-hybridized carbons (Fsp3) is 0.857. The molecule has 2 aliphatic rings. The summed E-state index contributed by atoms with van der Waals surface area (Å²) in [5.41, 5.74) is -0.251. The van der Waals surface area contributed by atoms with E-state index in [2.05, 4.69) is 0 Å². The van der Waals surface area contributed by atoms with Gasteiger partial charge in [-0.3, -0.25) is 9.69 Å². The zero-order valence-corrected chi connectivity index (χ0v) is 12.9. The average Bonchev–Trinajstić information content (AvgIpc) is 2.47. The van der Waals surface area contributed by atoms with Gasteiger partial charge in [-0.25, -0.2) is 4.79 Å². The first kappa shape index (κ1) is 16.0. The maximum Gasteiger partial charge on any atom is 0.320 e. The van der Waals surface area contributed by atoms with Crippen molar-refractivity contribution in [2.45, 2.75) is 25.4 Å². The van der Waals surface area contributed by atoms with E-state index in [1.807, 2.05) is 21.6 Å². The van der Waals surface area contributed by atoms with Gasteiger partial charge < -0.3 is 19.6 Å². The van der Waals surface area contributed by atoms with Gasteiger partial charge in [0.25, 0.3) is 0 Å². The minimum Gasteiger partial charge on any atom is -0.480 e. The number of methoxy groups -OCH3 is 1. The van der Waals surface area contributed by atoms with Crippen molar-refractivity contribution in [2.24, 2.45) is 0 Å². The third-order valence-electron chi connectivity index (χ3n) is 4.42. The van der Waals surface area contributed by atoms with Gasteiger partial charge in [0.05, 0.1) is 18.7 Å². The molecule has 2 heterocycles. The number of ether oxygens (including phenoxy) is 1. The molecule has 0 aliphatic carbocycles. The van der Waals surface area contributed by atoms with Crippen LogP contribution in [0.25, 0.3) is 0 Å². The van der Waals surface area contributed by atoms with E-state index in [4.69, 9.17) is 9.84 Å². The predicted molar refractivity (Wildman–Crippen MR) is 77.3 cm³/mol. The maximum atomic E-state index is 12.5. The van der Waals surface area contributed by atoms with Crippen molar-refractivity contribution in [3.63, 3.8) is 0 Å². The van der Waals surface area contributed by atoms with Crippen LogP contribution in [-0.4, -0.2) is 90.3 Å². The van der Waals surface area contributed by atoms with Gasteiger partial charge in [-0.1, -0.05) is 0 Å². The first-order valence-corrected chi connectivity index (χ1v) is 7.47. The molecule has 0 spiro atoms. The Morgan fingerprint density at radius 1 is 1.14 bits per heavy atom. The number of carboxylic acids is 1. The first-order valence-electron chi connectivity index (χ1n) is 7.47. The summed E-state index contributed by atoms with van der Waals surface area (Å²) in [6.07, 6.45) is 1.93. The lowest BCUT2D eigenvalue weighted by atomic mass is 9.95. The number of amides is 2. The van der Waals surface area contributed by atoms with E-state index >= 15 is 0 Å². The monoisotopic (exact) mass is 299 g/mol. The van der Waals surface area contributed by atoms with Crippen LogP contribution in [0.4, 0.5) is 4.79 Å². The molecule has 2 saturated heterocycles. The fourth-order valence-electron chi connectivity index (χ4n) is 3.02. The minimum atomic E-state index is -0.818. The molecule has 0 aromatic rings. The molecule has 120 valence electrons. The largest absolute Gasteiger partial charge is 0.480 e. The Morgan fingerprint density at radius 3 is 2.38 bits per heavy atom. The highest BCUT2D eigenvalue weighted by atomic mass is 16.5. The highest BCUT2D eigenvalue weighted by Gasteiger charge is 2.35. The number of carboxylic acid groups (broad SMARTS) is 1. The Labute approximate surface area is 125 Å². The number of hydrogen-bond acceptors (Lipinski definition) is 4. The van der Waals surface area contributed by atoms with Crippen LogP contribution in [0.1, 0.15) is 19.8 Å². The molecule has 2 fully saturated rings. The number of hydrogen-bond donors (Lipinski definition) is 1. The Kier molecular flexibility index (Phi) is 5.05. The third-order valence-corrected chi connectivity index (χ3v) is 4.42. The molecule has 1 N–H and O–H groups in total. The lowest BCUT2D eigenvalue weighted by molar-refractivity contribution is -0.138. The number of carbonyl (C=O) groups excluding carboxylic acids is 1. The molecule has 0 aromatic heterocycles. The molecule has 0 radical (unpaired) electrons. The number of likely N-dealkylation sites (tertiary alicyclic amines) is 1. The summed E-state index contributed by atoms with van der Waals surface area (Å²) < 4.78 is 5.52. The predicted octanol–water partition coefficient (Wildman–Crippen LogP) is 0.310. The van der Waals surface area contributed by atoms with Crippen LogP contribution in [0, 0.1) is 0 Å². The van der Waals surface area contributed by atoms with Crippen LogP contribution in [-0.2, 0) is 9.53 Å². The molecule has 0 saturated carbocycles. The van der Waals surface area contributed by atoms with Gasteiger partial charge in [0.15, 0.2) is 0 Å². The molecule has 1 atom stereocenters. The summed E-state index contributed by atoms with van der Waals surface area (Å²) in [7, 11) is 1.69. The van der Waals surface area contributed by atoms with Crippen molar-refractivity contribution in [3.05, 3.63) is 0 Å². The van der Waals surface area contributed by atoms with Crippen molar-refractivity contribution in [1.29, 1.82) is 0 Å². The Morgan fingerprint density at radius 2 is 1.81 bits per heavy atom. The van der Waals surface area contributed by atoms with Crippen molar-refractivity contribution in [2.75, 3.05) is 52.9 Å². The number of carbonyl (C=O) groups is 2. The van der Waals surface area contributed by atoms with Gasteiger partial charge in [0, 0.05) is 39.8 Å². The number of urea groups is 1. The molecule has 21 heavy (non-hydrogen) atoms. The van der Waals surface area contributed by atoms with Crippen molar-refractivity contribution in [1.82, 2.24) is 14.7 Å². The van der Waals surface area contributed by atoms with Gasteiger partial charge in [-0.2, -0.15) is 0 Å². The van der Waals surface area contributed by atoms with Gasteiger partial charge in [-0.15, -0.1) is 0 Å². The molecule has 1 unspecified atom stereocenters. The van der Waals surface area contributed by atoms with Crippen molar-refractivity contribution < 1.29 is 19.4 Å². The second kappa shape index (κ2) is 6.62. The van der Waals surface area contributed by atoms with E-state index < -0.39 is 5.97 Å². The number of piperazine rings is 1. The molecule has 7 nitrogen and oxygen atoms in total. The summed E-state index contributed by atoms with van der Waals surface area (Å²) in [6, 6.07) is 0.0490. The van der Waals surface area contributed by atoms with Crippen LogP contribution in [0.3, 0.4) is 0 Å². The van der Waals surface area contributed by atoms with E-state index in [1.54, 1.807) is 7.11 Å². The number of rotatable bonds is 3. The molecule has 2 rings (SSSR count). The van der Waals surface area contributed by atoms with E-state index in [0.717, 1.165) is 19.4 Å². The molecule has 0 bridgehead atoms. The van der Waals surface area contributed by atoms with Crippen LogP contribution >= 0.6 is 0 Å². The van der Waals surface area contributed by atoms with Crippen LogP contribution in [0.5, 0.6) is 0 Å². The summed E-state index contributed by atoms with van der Waals surface area (Å²) in [4.78, 5) is 28.8. The first-order chi connectivity index (χ1) is 9.93. The van der Waals surface area contributed by atoms with Crippen molar-refractivity contribution in [3.8, 4) is 0 Å². The molecular weight excluding hydrogens is 274 g/mol. The second-order valence-corrected chi connectivity index (χ2v) is 6.12. The van der Waals surface area contributed by atoms with Crippen LogP contribution < -0.4 is 0 Å². The summed E-state index contributed by atoms with van der Waals surface area (Å²) in [5.74, 6) is -0.818. The van der Waals surface area contributed by atoms with Gasteiger partial charge in [0.2, 0.25) is 0 Å². The van der Waals surface area contributed by atoms with Gasteiger partial charge >= 0.3 is 12.0 Å². The Balaban J connectivity index is 1.85. The zero-order valence-electron chi connectivity index (χ0n) is 12.9. The molecule has 2 aliphatic heterocycles. The Bertz CT molecular complexity index is 396. The molecule has 0 aromatic carbocycles. The van der Waals surface area contributed by atoms with E-state index in [-0.39, 0.29) is 18.2 Å². The maximum absolute atomic E-state index is 12.5. The van der Waals surface area contributed by atoms with Crippen molar-refractivity contribution >= 4 is 12.0 Å². The van der Waals surface area contributed by atoms with E-state index in [0.29, 0.717) is 32.7 Å². The average molecular weight is 299 g/mol. The summed E-state index contributed by atoms with van der Waals surface area (Å²) in [6.45, 7) is 5.90. The highest BCUT2D eigenvalue weighted by Crippen LogP contribution is 2.24. The highest BCUT2D eigenvalue weighted by molar-refractivity contribution is 5.75. The summed E-state index contributed by atoms with van der Waals surface area (Å²) in [5, 5.41) is 8.79. The normalized spacial score (nSPS) is 27.7. The zero-order chi connectivity index (χ0) is 15.5. The topological polar surface area (TPSA) is 73.3 Å².